The van der Waals surface area contributed by atoms with Crippen LogP contribution in [-0.4, -0.2) is 21.0 Å². The molecule has 6 heteroatoms. The molecule has 21 heavy (non-hydrogen) atoms. The fraction of sp³-hybridized carbons (Fsp3) is 0. The van der Waals surface area contributed by atoms with E-state index in [1.165, 1.54) is 18.2 Å². The minimum atomic E-state index is -1.11. The standard InChI is InChI=1S/C15H9ClN2O3/c16-10-5-6-11(14(19)20)13(7-10)21-15-17-8-9-3-1-2-4-12(9)18-15/h1-8H,(H,19,20). The first-order valence-corrected chi connectivity index (χ1v) is 6.44. The lowest BCUT2D eigenvalue weighted by Crippen LogP contribution is -2.01. The van der Waals surface area contributed by atoms with Crippen molar-refractivity contribution in [1.29, 1.82) is 0 Å². The zero-order valence-corrected chi connectivity index (χ0v) is 11.4. The van der Waals surface area contributed by atoms with Gasteiger partial charge in [0.1, 0.15) is 11.3 Å². The number of carboxylic acid groups (broad SMARTS) is 1. The van der Waals surface area contributed by atoms with Gasteiger partial charge in [-0.1, -0.05) is 29.8 Å². The maximum atomic E-state index is 11.2. The first-order valence-electron chi connectivity index (χ1n) is 6.06. The molecule has 104 valence electrons. The van der Waals surface area contributed by atoms with Crippen LogP contribution in [0.1, 0.15) is 10.4 Å². The van der Waals surface area contributed by atoms with Crippen molar-refractivity contribution in [3.8, 4) is 11.8 Å². The summed E-state index contributed by atoms with van der Waals surface area (Å²) in [6, 6.07) is 11.8. The van der Waals surface area contributed by atoms with Crippen molar-refractivity contribution in [3.63, 3.8) is 0 Å². The third kappa shape index (κ3) is 2.78. The van der Waals surface area contributed by atoms with E-state index in [2.05, 4.69) is 9.97 Å². The van der Waals surface area contributed by atoms with Crippen LogP contribution < -0.4 is 4.74 Å². The average molecular weight is 301 g/mol. The van der Waals surface area contributed by atoms with E-state index in [1.807, 2.05) is 24.3 Å². The van der Waals surface area contributed by atoms with Gasteiger partial charge in [-0.3, -0.25) is 0 Å². The second-order valence-corrected chi connectivity index (χ2v) is 4.70. The first kappa shape index (κ1) is 13.3. The Kier molecular flexibility index (Phi) is 3.41. The zero-order valence-electron chi connectivity index (χ0n) is 10.7. The molecule has 5 nitrogen and oxygen atoms in total. The minimum Gasteiger partial charge on any atom is -0.478 e. The number of aromatic nitrogens is 2. The quantitative estimate of drug-likeness (QED) is 0.797. The lowest BCUT2D eigenvalue weighted by molar-refractivity contribution is 0.0694. The minimum absolute atomic E-state index is 0.00356. The molecule has 0 atom stereocenters. The number of rotatable bonds is 3. The van der Waals surface area contributed by atoms with E-state index in [4.69, 9.17) is 21.4 Å². The normalized spacial score (nSPS) is 10.5. The lowest BCUT2D eigenvalue weighted by atomic mass is 10.2. The summed E-state index contributed by atoms with van der Waals surface area (Å²) in [5.74, 6) is -1.01. The van der Waals surface area contributed by atoms with Crippen LogP contribution in [0.3, 0.4) is 0 Å². The van der Waals surface area contributed by atoms with E-state index >= 15 is 0 Å². The highest BCUT2D eigenvalue weighted by molar-refractivity contribution is 6.30. The van der Waals surface area contributed by atoms with Gasteiger partial charge in [-0.15, -0.1) is 0 Å². The molecule has 3 aromatic rings. The smallest absolute Gasteiger partial charge is 0.339 e. The molecule has 0 spiro atoms. The van der Waals surface area contributed by atoms with Crippen LogP contribution in [-0.2, 0) is 0 Å². The Morgan fingerprint density at radius 1 is 1.19 bits per heavy atom. The Labute approximate surface area is 124 Å². The van der Waals surface area contributed by atoms with Crippen molar-refractivity contribution in [2.45, 2.75) is 0 Å². The number of halogens is 1. The number of benzene rings is 2. The summed E-state index contributed by atoms with van der Waals surface area (Å²) in [7, 11) is 0. The van der Waals surface area contributed by atoms with E-state index in [0.717, 1.165) is 5.39 Å². The van der Waals surface area contributed by atoms with Gasteiger partial charge in [-0.2, -0.15) is 4.98 Å². The number of para-hydroxylation sites is 1. The van der Waals surface area contributed by atoms with Gasteiger partial charge < -0.3 is 9.84 Å². The highest BCUT2D eigenvalue weighted by Gasteiger charge is 2.14. The highest BCUT2D eigenvalue weighted by atomic mass is 35.5. The molecule has 0 aliphatic rings. The number of aromatic carboxylic acids is 1. The Bertz CT molecular complexity index is 836. The molecule has 1 heterocycles. The van der Waals surface area contributed by atoms with Crippen molar-refractivity contribution in [2.24, 2.45) is 0 Å². The molecule has 0 aliphatic heterocycles. The Morgan fingerprint density at radius 2 is 2.00 bits per heavy atom. The molecule has 1 N–H and O–H groups in total. The fourth-order valence-corrected chi connectivity index (χ4v) is 2.02. The maximum Gasteiger partial charge on any atom is 0.339 e. The van der Waals surface area contributed by atoms with Crippen molar-refractivity contribution in [2.75, 3.05) is 0 Å². The number of hydrogen-bond acceptors (Lipinski definition) is 4. The van der Waals surface area contributed by atoms with Crippen molar-refractivity contribution in [3.05, 3.63) is 59.2 Å². The summed E-state index contributed by atoms with van der Waals surface area (Å²) in [6.45, 7) is 0. The van der Waals surface area contributed by atoms with Crippen LogP contribution in [0.25, 0.3) is 10.9 Å². The van der Waals surface area contributed by atoms with Gasteiger partial charge in [-0.05, 0) is 18.2 Å². The topological polar surface area (TPSA) is 72.3 Å². The van der Waals surface area contributed by atoms with Crippen LogP contribution in [0.2, 0.25) is 5.02 Å². The molecule has 0 aliphatic carbocycles. The van der Waals surface area contributed by atoms with E-state index < -0.39 is 5.97 Å². The van der Waals surface area contributed by atoms with E-state index in [1.54, 1.807) is 6.20 Å². The summed E-state index contributed by atoms with van der Waals surface area (Å²) in [5, 5.41) is 10.4. The first-order chi connectivity index (χ1) is 10.1. The average Bonchev–Trinajstić information content (AvgIpc) is 2.47. The van der Waals surface area contributed by atoms with E-state index in [-0.39, 0.29) is 17.3 Å². The summed E-state index contributed by atoms with van der Waals surface area (Å²) < 4.78 is 5.47. The van der Waals surface area contributed by atoms with Gasteiger partial charge in [0.05, 0.1) is 5.52 Å². The second kappa shape index (κ2) is 5.38. The number of carbonyl (C=O) groups is 1. The number of hydrogen-bond donors (Lipinski definition) is 1. The number of nitrogens with zero attached hydrogens (tertiary/aromatic N) is 2. The molecule has 0 bridgehead atoms. The predicted octanol–water partition coefficient (Wildman–Crippen LogP) is 3.77. The molecular formula is C15H9ClN2O3. The zero-order chi connectivity index (χ0) is 14.8. The SMILES string of the molecule is O=C(O)c1ccc(Cl)cc1Oc1ncc2ccccc2n1. The molecule has 0 radical (unpaired) electrons. The van der Waals surface area contributed by atoms with E-state index in [9.17, 15) is 4.79 Å². The molecule has 2 aromatic carbocycles. The third-order valence-electron chi connectivity index (χ3n) is 2.84. The van der Waals surface area contributed by atoms with Crippen LogP contribution in [0.5, 0.6) is 11.8 Å². The predicted molar refractivity (Wildman–Crippen MR) is 78.0 cm³/mol. The highest BCUT2D eigenvalue weighted by Crippen LogP contribution is 2.27. The van der Waals surface area contributed by atoms with Gasteiger partial charge in [0.2, 0.25) is 0 Å². The fourth-order valence-electron chi connectivity index (χ4n) is 1.86. The van der Waals surface area contributed by atoms with Gasteiger partial charge in [0.15, 0.2) is 0 Å². The number of carboxylic acids is 1. The van der Waals surface area contributed by atoms with Gasteiger partial charge in [0, 0.05) is 22.7 Å². The molecule has 3 rings (SSSR count). The van der Waals surface area contributed by atoms with Crippen LogP contribution in [0.4, 0.5) is 0 Å². The maximum absolute atomic E-state index is 11.2. The van der Waals surface area contributed by atoms with Gasteiger partial charge in [-0.25, -0.2) is 9.78 Å². The Morgan fingerprint density at radius 3 is 2.81 bits per heavy atom. The van der Waals surface area contributed by atoms with Crippen LogP contribution in [0, 0.1) is 0 Å². The van der Waals surface area contributed by atoms with Crippen molar-refractivity contribution >= 4 is 28.5 Å². The molecule has 0 saturated carbocycles. The molecule has 0 fully saturated rings. The Hall–Kier alpha value is -2.66. The lowest BCUT2D eigenvalue weighted by Gasteiger charge is -2.08. The van der Waals surface area contributed by atoms with E-state index in [0.29, 0.717) is 10.5 Å². The van der Waals surface area contributed by atoms with Crippen LogP contribution in [0.15, 0.2) is 48.7 Å². The number of fused-ring (bicyclic) bond motifs is 1. The number of ether oxygens (including phenoxy) is 1. The molecule has 0 saturated heterocycles. The monoisotopic (exact) mass is 300 g/mol. The summed E-state index contributed by atoms with van der Waals surface area (Å²) in [4.78, 5) is 19.5. The van der Waals surface area contributed by atoms with Crippen molar-refractivity contribution < 1.29 is 14.6 Å². The largest absolute Gasteiger partial charge is 0.478 e. The van der Waals surface area contributed by atoms with Gasteiger partial charge in [0.25, 0.3) is 0 Å². The summed E-state index contributed by atoms with van der Waals surface area (Å²) >= 11 is 5.87. The third-order valence-corrected chi connectivity index (χ3v) is 3.08. The van der Waals surface area contributed by atoms with Gasteiger partial charge >= 0.3 is 12.0 Å². The van der Waals surface area contributed by atoms with Crippen LogP contribution >= 0.6 is 11.6 Å². The second-order valence-electron chi connectivity index (χ2n) is 4.26. The molecular weight excluding hydrogens is 292 g/mol. The molecule has 0 unspecified atom stereocenters. The summed E-state index contributed by atoms with van der Waals surface area (Å²) in [6.07, 6.45) is 1.61. The van der Waals surface area contributed by atoms with Crippen molar-refractivity contribution in [1.82, 2.24) is 9.97 Å². The summed E-state index contributed by atoms with van der Waals surface area (Å²) in [5.41, 5.74) is 0.706. The molecule has 0 amide bonds. The molecule has 1 aromatic heterocycles. The Balaban J connectivity index is 2.02.